The highest BCUT2D eigenvalue weighted by atomic mass is 16.3. The molecule has 0 aromatic heterocycles. The van der Waals surface area contributed by atoms with Crippen molar-refractivity contribution in [3.63, 3.8) is 0 Å². The molecule has 1 nitrogen and oxygen atoms in total. The molecule has 0 saturated heterocycles. The van der Waals surface area contributed by atoms with E-state index in [2.05, 4.69) is 36.5 Å². The minimum absolute atomic E-state index is 0.220. The molecule has 0 aromatic carbocycles. The lowest BCUT2D eigenvalue weighted by atomic mass is 9.85. The van der Waals surface area contributed by atoms with Gasteiger partial charge in [0.2, 0.25) is 0 Å². The molecule has 2 bridgehead atoms. The lowest BCUT2D eigenvalue weighted by Gasteiger charge is -2.23. The van der Waals surface area contributed by atoms with Gasteiger partial charge in [0.25, 0.3) is 0 Å². The summed E-state index contributed by atoms with van der Waals surface area (Å²) in [6.07, 6.45) is 12.6. The Bertz CT molecular complexity index is 226. The molecule has 2 rings (SSSR count). The van der Waals surface area contributed by atoms with Gasteiger partial charge in [-0.15, -0.1) is 0 Å². The molecule has 0 saturated carbocycles. The summed E-state index contributed by atoms with van der Waals surface area (Å²) in [5, 5.41) is 9.58. The predicted octanol–water partition coefficient (Wildman–Crippen LogP) is 1.91. The van der Waals surface area contributed by atoms with Gasteiger partial charge >= 0.3 is 0 Å². The average molecular weight is 162 g/mol. The van der Waals surface area contributed by atoms with E-state index in [0.717, 1.165) is 0 Å². The van der Waals surface area contributed by atoms with Gasteiger partial charge in [-0.3, -0.25) is 0 Å². The standard InChI is InChI=1S/C11H14O/c1-8(12)11-9-4-2-3-5-10(11)7-6-9/h2-12H,1H3/t8-,9-,10+,11?/m1/s1. The number of fused-ring (bicyclic) bond motifs is 2. The van der Waals surface area contributed by atoms with Crippen molar-refractivity contribution in [2.24, 2.45) is 17.8 Å². The Labute approximate surface area is 73.1 Å². The van der Waals surface area contributed by atoms with Crippen molar-refractivity contribution in [3.8, 4) is 0 Å². The van der Waals surface area contributed by atoms with E-state index in [0.29, 0.717) is 17.8 Å². The van der Waals surface area contributed by atoms with E-state index < -0.39 is 0 Å². The Morgan fingerprint density at radius 3 is 1.92 bits per heavy atom. The normalized spacial score (nSPS) is 40.0. The largest absolute Gasteiger partial charge is 0.393 e. The van der Waals surface area contributed by atoms with E-state index in [1.165, 1.54) is 0 Å². The van der Waals surface area contributed by atoms with Crippen molar-refractivity contribution in [1.29, 1.82) is 0 Å². The smallest absolute Gasteiger partial charge is 0.0557 e. The summed E-state index contributed by atoms with van der Waals surface area (Å²) in [5.41, 5.74) is 0. The van der Waals surface area contributed by atoms with Gasteiger partial charge in [0, 0.05) is 17.8 Å². The first-order valence-corrected chi connectivity index (χ1v) is 4.50. The molecule has 0 radical (unpaired) electrons. The molecular weight excluding hydrogens is 148 g/mol. The van der Waals surface area contributed by atoms with Crippen LogP contribution < -0.4 is 0 Å². The summed E-state index contributed by atoms with van der Waals surface area (Å²) < 4.78 is 0. The minimum atomic E-state index is -0.220. The maximum Gasteiger partial charge on any atom is 0.0557 e. The molecule has 2 aliphatic carbocycles. The summed E-state index contributed by atoms with van der Waals surface area (Å²) in [4.78, 5) is 0. The maximum absolute atomic E-state index is 9.58. The number of rotatable bonds is 1. The fraction of sp³-hybridized carbons (Fsp3) is 0.455. The molecule has 0 fully saturated rings. The van der Waals surface area contributed by atoms with Gasteiger partial charge in [0.05, 0.1) is 6.10 Å². The lowest BCUT2D eigenvalue weighted by Crippen LogP contribution is -2.25. The van der Waals surface area contributed by atoms with Crippen LogP contribution in [0.1, 0.15) is 6.92 Å². The maximum atomic E-state index is 9.58. The van der Waals surface area contributed by atoms with Crippen LogP contribution in [0.4, 0.5) is 0 Å². The van der Waals surface area contributed by atoms with Crippen LogP contribution in [0, 0.1) is 17.8 Å². The van der Waals surface area contributed by atoms with E-state index >= 15 is 0 Å². The highest BCUT2D eigenvalue weighted by molar-refractivity contribution is 5.25. The molecule has 64 valence electrons. The molecule has 4 atom stereocenters. The highest BCUT2D eigenvalue weighted by Crippen LogP contribution is 2.36. The molecule has 0 heterocycles. The molecule has 1 heteroatoms. The predicted molar refractivity (Wildman–Crippen MR) is 49.6 cm³/mol. The van der Waals surface area contributed by atoms with E-state index in [1.54, 1.807) is 0 Å². The fourth-order valence-electron chi connectivity index (χ4n) is 2.18. The second-order valence-electron chi connectivity index (χ2n) is 3.63. The third kappa shape index (κ3) is 1.14. The number of hydrogen-bond donors (Lipinski definition) is 1. The average Bonchev–Trinajstić information content (AvgIpc) is 2.24. The van der Waals surface area contributed by atoms with Crippen LogP contribution in [0.15, 0.2) is 36.5 Å². The Morgan fingerprint density at radius 2 is 1.50 bits per heavy atom. The highest BCUT2D eigenvalue weighted by Gasteiger charge is 2.32. The molecule has 12 heavy (non-hydrogen) atoms. The van der Waals surface area contributed by atoms with Gasteiger partial charge in [0.1, 0.15) is 0 Å². The zero-order valence-corrected chi connectivity index (χ0v) is 7.22. The first-order chi connectivity index (χ1) is 5.79. The first-order valence-electron chi connectivity index (χ1n) is 4.50. The van der Waals surface area contributed by atoms with Crippen LogP contribution in [0.25, 0.3) is 0 Å². The molecule has 1 unspecified atom stereocenters. The van der Waals surface area contributed by atoms with E-state index in [-0.39, 0.29) is 6.10 Å². The van der Waals surface area contributed by atoms with Crippen molar-refractivity contribution in [1.82, 2.24) is 0 Å². The van der Waals surface area contributed by atoms with Crippen LogP contribution in [0.5, 0.6) is 0 Å². The summed E-state index contributed by atoms with van der Waals surface area (Å²) in [6.45, 7) is 1.88. The number of aliphatic hydroxyl groups is 1. The third-order valence-corrected chi connectivity index (χ3v) is 2.78. The van der Waals surface area contributed by atoms with Crippen LogP contribution in [0.2, 0.25) is 0 Å². The second-order valence-corrected chi connectivity index (χ2v) is 3.63. The Balaban J connectivity index is 2.28. The molecular formula is C11H14O. The van der Waals surface area contributed by atoms with Crippen molar-refractivity contribution in [3.05, 3.63) is 36.5 Å². The summed E-state index contributed by atoms with van der Waals surface area (Å²) in [5.74, 6) is 1.23. The molecule has 0 spiro atoms. The Kier molecular flexibility index (Phi) is 1.89. The van der Waals surface area contributed by atoms with Crippen LogP contribution >= 0.6 is 0 Å². The molecule has 0 amide bonds. The van der Waals surface area contributed by atoms with Crippen molar-refractivity contribution in [2.45, 2.75) is 13.0 Å². The van der Waals surface area contributed by atoms with Crippen LogP contribution in [-0.2, 0) is 0 Å². The molecule has 0 aliphatic heterocycles. The second kappa shape index (κ2) is 2.91. The molecule has 1 N–H and O–H groups in total. The Hall–Kier alpha value is -0.820. The topological polar surface area (TPSA) is 20.2 Å². The first kappa shape index (κ1) is 7.81. The molecule has 2 aliphatic rings. The summed E-state index contributed by atoms with van der Waals surface area (Å²) in [6, 6.07) is 0. The fourth-order valence-corrected chi connectivity index (χ4v) is 2.18. The van der Waals surface area contributed by atoms with Gasteiger partial charge in [0.15, 0.2) is 0 Å². The summed E-state index contributed by atoms with van der Waals surface area (Å²) in [7, 11) is 0. The van der Waals surface area contributed by atoms with Gasteiger partial charge in [-0.25, -0.2) is 0 Å². The van der Waals surface area contributed by atoms with Gasteiger partial charge in [-0.2, -0.15) is 0 Å². The van der Waals surface area contributed by atoms with Gasteiger partial charge < -0.3 is 5.11 Å². The summed E-state index contributed by atoms with van der Waals surface area (Å²) >= 11 is 0. The number of hydrogen-bond acceptors (Lipinski definition) is 1. The van der Waals surface area contributed by atoms with E-state index in [1.807, 2.05) is 6.92 Å². The monoisotopic (exact) mass is 162 g/mol. The van der Waals surface area contributed by atoms with Gasteiger partial charge in [-0.1, -0.05) is 36.5 Å². The molecule has 0 aromatic rings. The van der Waals surface area contributed by atoms with Crippen LogP contribution in [0.3, 0.4) is 0 Å². The third-order valence-electron chi connectivity index (χ3n) is 2.78. The number of aliphatic hydroxyl groups excluding tert-OH is 1. The zero-order valence-electron chi connectivity index (χ0n) is 7.22. The Morgan fingerprint density at radius 1 is 1.00 bits per heavy atom. The lowest BCUT2D eigenvalue weighted by molar-refractivity contribution is 0.103. The van der Waals surface area contributed by atoms with Crippen LogP contribution in [-0.4, -0.2) is 11.2 Å². The van der Waals surface area contributed by atoms with Crippen molar-refractivity contribution >= 4 is 0 Å². The zero-order chi connectivity index (χ0) is 8.55. The van der Waals surface area contributed by atoms with Gasteiger partial charge in [-0.05, 0) is 6.92 Å². The minimum Gasteiger partial charge on any atom is -0.393 e. The quantitative estimate of drug-likeness (QED) is 0.584. The van der Waals surface area contributed by atoms with E-state index in [9.17, 15) is 5.11 Å². The van der Waals surface area contributed by atoms with Crippen molar-refractivity contribution < 1.29 is 5.11 Å². The number of allylic oxidation sites excluding steroid dienone is 6. The van der Waals surface area contributed by atoms with E-state index in [4.69, 9.17) is 0 Å². The SMILES string of the molecule is C[C@@H](O)C1[C@@H]2C=CC=C[C@H]1C=C2. The van der Waals surface area contributed by atoms with Crippen molar-refractivity contribution in [2.75, 3.05) is 0 Å².